The summed E-state index contributed by atoms with van der Waals surface area (Å²) < 4.78 is 55.8. The van der Waals surface area contributed by atoms with Crippen LogP contribution in [0.5, 0.6) is 5.75 Å². The van der Waals surface area contributed by atoms with Crippen LogP contribution in [0.15, 0.2) is 48.5 Å². The summed E-state index contributed by atoms with van der Waals surface area (Å²) in [7, 11) is 0. The van der Waals surface area contributed by atoms with Gasteiger partial charge in [0.15, 0.2) is 0 Å². The Kier molecular flexibility index (Phi) is 6.60. The van der Waals surface area contributed by atoms with Crippen molar-refractivity contribution in [2.45, 2.75) is 19.5 Å². The normalized spacial score (nSPS) is 12.5. The summed E-state index contributed by atoms with van der Waals surface area (Å²) in [5.74, 6) is -0.603. The molecular formula is C19H19F4NO2. The van der Waals surface area contributed by atoms with E-state index in [-0.39, 0.29) is 30.8 Å². The van der Waals surface area contributed by atoms with Crippen molar-refractivity contribution in [2.24, 2.45) is 5.92 Å². The summed E-state index contributed by atoms with van der Waals surface area (Å²) in [5.41, 5.74) is -0.0158. The third-order valence-corrected chi connectivity index (χ3v) is 3.73. The lowest BCUT2D eigenvalue weighted by Crippen LogP contribution is -2.33. The van der Waals surface area contributed by atoms with E-state index in [0.717, 1.165) is 17.7 Å². The molecule has 0 saturated carbocycles. The quantitative estimate of drug-likeness (QED) is 0.586. The lowest BCUT2D eigenvalue weighted by molar-refractivity contribution is -0.137. The van der Waals surface area contributed by atoms with Crippen molar-refractivity contribution in [1.29, 1.82) is 0 Å². The number of alkyl halides is 3. The molecule has 0 bridgehead atoms. The van der Waals surface area contributed by atoms with Crippen LogP contribution in [-0.4, -0.2) is 19.1 Å². The minimum atomic E-state index is -4.38. The molecule has 2 aromatic carbocycles. The number of nitrogens with one attached hydrogen (secondary N) is 1. The second-order valence-corrected chi connectivity index (χ2v) is 5.90. The summed E-state index contributed by atoms with van der Waals surface area (Å²) in [6.45, 7) is 2.08. The number of benzene rings is 2. The molecule has 0 spiro atoms. The van der Waals surface area contributed by atoms with E-state index in [4.69, 9.17) is 4.74 Å². The maximum absolute atomic E-state index is 13.1. The number of carbonyl (C=O) groups is 1. The monoisotopic (exact) mass is 369 g/mol. The molecule has 0 aromatic heterocycles. The lowest BCUT2D eigenvalue weighted by atomic mass is 10.0. The number of amides is 1. The van der Waals surface area contributed by atoms with Crippen LogP contribution in [0.25, 0.3) is 0 Å². The zero-order valence-electron chi connectivity index (χ0n) is 14.1. The fourth-order valence-corrected chi connectivity index (χ4v) is 2.37. The van der Waals surface area contributed by atoms with Crippen LogP contribution in [0.3, 0.4) is 0 Å². The van der Waals surface area contributed by atoms with Crippen LogP contribution in [-0.2, 0) is 17.4 Å². The third-order valence-electron chi connectivity index (χ3n) is 3.73. The maximum atomic E-state index is 13.1. The van der Waals surface area contributed by atoms with Gasteiger partial charge < -0.3 is 10.1 Å². The van der Waals surface area contributed by atoms with Crippen molar-refractivity contribution < 1.29 is 27.1 Å². The molecule has 2 aromatic rings. The third kappa shape index (κ3) is 6.06. The summed E-state index contributed by atoms with van der Waals surface area (Å²) in [6.07, 6.45) is -3.98. The Morgan fingerprint density at radius 1 is 1.15 bits per heavy atom. The van der Waals surface area contributed by atoms with Crippen molar-refractivity contribution in [3.63, 3.8) is 0 Å². The van der Waals surface area contributed by atoms with Gasteiger partial charge in [-0.25, -0.2) is 4.39 Å². The minimum absolute atomic E-state index is 0.129. The summed E-state index contributed by atoms with van der Waals surface area (Å²) in [6, 6.07) is 10.4. The van der Waals surface area contributed by atoms with Crippen LogP contribution >= 0.6 is 0 Å². The Morgan fingerprint density at radius 2 is 1.85 bits per heavy atom. The van der Waals surface area contributed by atoms with E-state index in [2.05, 4.69) is 5.32 Å². The number of hydrogen-bond donors (Lipinski definition) is 1. The predicted octanol–water partition coefficient (Wildman–Crippen LogP) is 4.22. The second kappa shape index (κ2) is 8.69. The molecule has 7 heteroatoms. The zero-order valence-corrected chi connectivity index (χ0v) is 14.1. The average molecular weight is 369 g/mol. The van der Waals surface area contributed by atoms with Crippen LogP contribution < -0.4 is 10.1 Å². The summed E-state index contributed by atoms with van der Waals surface area (Å²) in [5, 5.41) is 2.69. The summed E-state index contributed by atoms with van der Waals surface area (Å²) >= 11 is 0. The first-order valence-corrected chi connectivity index (χ1v) is 8.08. The van der Waals surface area contributed by atoms with Gasteiger partial charge in [-0.15, -0.1) is 0 Å². The van der Waals surface area contributed by atoms with Crippen molar-refractivity contribution >= 4 is 5.91 Å². The SMILES string of the molecule is CC(Cc1cccc(F)c1)C(=O)NCCOc1ccc(C(F)(F)F)cc1. The molecule has 0 radical (unpaired) electrons. The van der Waals surface area contributed by atoms with E-state index in [1.165, 1.54) is 24.3 Å². The highest BCUT2D eigenvalue weighted by Crippen LogP contribution is 2.30. The lowest BCUT2D eigenvalue weighted by Gasteiger charge is -2.13. The standard InChI is InChI=1S/C19H19F4NO2/c1-13(11-14-3-2-4-16(20)12-14)18(25)24-9-10-26-17-7-5-15(6-8-17)19(21,22)23/h2-8,12-13H,9-11H2,1H3,(H,24,25). The first kappa shape index (κ1) is 19.8. The molecule has 0 saturated heterocycles. The van der Waals surface area contributed by atoms with Gasteiger partial charge in [-0.2, -0.15) is 13.2 Å². The fraction of sp³-hybridized carbons (Fsp3) is 0.316. The Labute approximate surface area is 149 Å². The molecule has 0 aliphatic carbocycles. The minimum Gasteiger partial charge on any atom is -0.492 e. The predicted molar refractivity (Wildman–Crippen MR) is 89.2 cm³/mol. The van der Waals surface area contributed by atoms with Gasteiger partial charge in [0, 0.05) is 5.92 Å². The van der Waals surface area contributed by atoms with E-state index < -0.39 is 11.7 Å². The first-order valence-electron chi connectivity index (χ1n) is 8.08. The number of hydrogen-bond acceptors (Lipinski definition) is 2. The van der Waals surface area contributed by atoms with Crippen molar-refractivity contribution in [3.05, 3.63) is 65.5 Å². The van der Waals surface area contributed by atoms with Gasteiger partial charge in [-0.3, -0.25) is 4.79 Å². The highest BCUT2D eigenvalue weighted by molar-refractivity contribution is 5.78. The highest BCUT2D eigenvalue weighted by atomic mass is 19.4. The summed E-state index contributed by atoms with van der Waals surface area (Å²) in [4.78, 5) is 12.0. The second-order valence-electron chi connectivity index (χ2n) is 5.90. The van der Waals surface area contributed by atoms with Gasteiger partial charge in [0.2, 0.25) is 5.91 Å². The van der Waals surface area contributed by atoms with E-state index in [1.54, 1.807) is 19.1 Å². The molecule has 0 aliphatic heterocycles. The van der Waals surface area contributed by atoms with Gasteiger partial charge in [0.1, 0.15) is 18.2 Å². The van der Waals surface area contributed by atoms with Crippen LogP contribution in [0.2, 0.25) is 0 Å². The number of rotatable bonds is 7. The molecule has 0 heterocycles. The van der Waals surface area contributed by atoms with E-state index in [1.807, 2.05) is 0 Å². The van der Waals surface area contributed by atoms with Crippen molar-refractivity contribution in [3.8, 4) is 5.75 Å². The molecule has 1 amide bonds. The van der Waals surface area contributed by atoms with E-state index >= 15 is 0 Å². The van der Waals surface area contributed by atoms with Crippen molar-refractivity contribution in [2.75, 3.05) is 13.2 Å². The highest BCUT2D eigenvalue weighted by Gasteiger charge is 2.30. The Bertz CT molecular complexity index is 729. The van der Waals surface area contributed by atoms with E-state index in [0.29, 0.717) is 12.2 Å². The number of carbonyl (C=O) groups excluding carboxylic acids is 1. The Balaban J connectivity index is 1.72. The molecular weight excluding hydrogens is 350 g/mol. The molecule has 1 unspecified atom stereocenters. The molecule has 0 fully saturated rings. The van der Waals surface area contributed by atoms with Crippen LogP contribution in [0.4, 0.5) is 17.6 Å². The van der Waals surface area contributed by atoms with Gasteiger partial charge in [-0.1, -0.05) is 19.1 Å². The first-order chi connectivity index (χ1) is 12.3. The van der Waals surface area contributed by atoms with Crippen LogP contribution in [0, 0.1) is 11.7 Å². The smallest absolute Gasteiger partial charge is 0.416 e. The fourth-order valence-electron chi connectivity index (χ4n) is 2.37. The Morgan fingerprint density at radius 3 is 2.46 bits per heavy atom. The van der Waals surface area contributed by atoms with Crippen molar-refractivity contribution in [1.82, 2.24) is 5.32 Å². The van der Waals surface area contributed by atoms with E-state index in [9.17, 15) is 22.4 Å². The molecule has 0 aliphatic rings. The molecule has 26 heavy (non-hydrogen) atoms. The Hall–Kier alpha value is -2.57. The topological polar surface area (TPSA) is 38.3 Å². The molecule has 2 rings (SSSR count). The molecule has 140 valence electrons. The van der Waals surface area contributed by atoms with Gasteiger partial charge >= 0.3 is 6.18 Å². The average Bonchev–Trinajstić information content (AvgIpc) is 2.58. The zero-order chi connectivity index (χ0) is 19.2. The number of halogens is 4. The van der Waals surface area contributed by atoms with Gasteiger partial charge in [-0.05, 0) is 48.4 Å². The number of ether oxygens (including phenoxy) is 1. The molecule has 3 nitrogen and oxygen atoms in total. The largest absolute Gasteiger partial charge is 0.492 e. The van der Waals surface area contributed by atoms with Gasteiger partial charge in [0.05, 0.1) is 12.1 Å². The molecule has 1 N–H and O–H groups in total. The van der Waals surface area contributed by atoms with Gasteiger partial charge in [0.25, 0.3) is 0 Å². The molecule has 1 atom stereocenters. The van der Waals surface area contributed by atoms with Crippen LogP contribution in [0.1, 0.15) is 18.1 Å². The maximum Gasteiger partial charge on any atom is 0.416 e.